The number of carbonyl (C=O) groups excluding carboxylic acids is 1. The minimum absolute atomic E-state index is 0.295. The summed E-state index contributed by atoms with van der Waals surface area (Å²) in [6.07, 6.45) is 3.96. The van der Waals surface area contributed by atoms with Crippen LogP contribution in [0.15, 0.2) is 24.3 Å². The van der Waals surface area contributed by atoms with E-state index in [-0.39, 0.29) is 0 Å². The van der Waals surface area contributed by atoms with Gasteiger partial charge in [-0.05, 0) is 27.2 Å². The molecule has 1 aromatic carbocycles. The highest BCUT2D eigenvalue weighted by Gasteiger charge is 2.23. The highest BCUT2D eigenvalue weighted by Crippen LogP contribution is 2.25. The Bertz CT molecular complexity index is 808. The van der Waals surface area contributed by atoms with E-state index in [4.69, 9.17) is 9.97 Å². The Balaban J connectivity index is 1.72. The number of benzene rings is 1. The monoisotopic (exact) mass is 380 g/mol. The number of hydrogen-bond donors (Lipinski definition) is 0. The zero-order valence-corrected chi connectivity index (χ0v) is 17.7. The fourth-order valence-electron chi connectivity index (χ4n) is 3.61. The lowest BCUT2D eigenvalue weighted by molar-refractivity contribution is -0.131. The van der Waals surface area contributed by atoms with Gasteiger partial charge < -0.3 is 9.80 Å². The molecule has 0 radical (unpaired) electrons. The average Bonchev–Trinajstić information content (AvgIpc) is 2.71. The molecule has 5 nitrogen and oxygen atoms in total. The molecule has 1 aromatic heterocycles. The summed E-state index contributed by atoms with van der Waals surface area (Å²) in [7, 11) is 0. The number of piperazine rings is 1. The topological polar surface area (TPSA) is 49.3 Å². The van der Waals surface area contributed by atoms with Crippen molar-refractivity contribution in [1.82, 2.24) is 14.9 Å². The van der Waals surface area contributed by atoms with Crippen LogP contribution < -0.4 is 4.90 Å². The summed E-state index contributed by atoms with van der Waals surface area (Å²) in [5, 5.41) is 0. The molecule has 3 rings (SSSR count). The summed E-state index contributed by atoms with van der Waals surface area (Å²) in [6.45, 7) is 11.6. The number of hydrogen-bond acceptors (Lipinski definition) is 4. The maximum Gasteiger partial charge on any atom is 0.222 e. The van der Waals surface area contributed by atoms with Crippen LogP contribution in [0.4, 0.5) is 5.82 Å². The minimum atomic E-state index is 0.295. The van der Waals surface area contributed by atoms with Gasteiger partial charge in [0.25, 0.3) is 0 Å². The first kappa shape index (κ1) is 20.3. The molecule has 2 heterocycles. The first-order valence-electron chi connectivity index (χ1n) is 10.4. The van der Waals surface area contributed by atoms with E-state index in [1.807, 2.05) is 11.8 Å². The summed E-state index contributed by atoms with van der Waals surface area (Å²) in [6, 6.07) is 8.35. The normalized spacial score (nSPS) is 14.4. The maximum atomic E-state index is 12.4. The van der Waals surface area contributed by atoms with Crippen molar-refractivity contribution >= 4 is 11.7 Å². The van der Waals surface area contributed by atoms with E-state index in [1.165, 1.54) is 5.56 Å². The van der Waals surface area contributed by atoms with Crippen molar-refractivity contribution in [1.29, 1.82) is 0 Å². The van der Waals surface area contributed by atoms with Crippen molar-refractivity contribution in [3.05, 3.63) is 41.1 Å². The molecule has 0 N–H and O–H groups in total. The van der Waals surface area contributed by atoms with Crippen molar-refractivity contribution in [2.45, 2.75) is 53.4 Å². The van der Waals surface area contributed by atoms with Gasteiger partial charge in [0.15, 0.2) is 5.82 Å². The summed E-state index contributed by atoms with van der Waals surface area (Å²) in [4.78, 5) is 26.3. The fraction of sp³-hybridized carbons (Fsp3) is 0.522. The van der Waals surface area contributed by atoms with Gasteiger partial charge in [-0.25, -0.2) is 9.97 Å². The zero-order valence-electron chi connectivity index (χ0n) is 17.7. The quantitative estimate of drug-likeness (QED) is 0.701. The molecule has 0 saturated carbocycles. The zero-order chi connectivity index (χ0) is 20.1. The highest BCUT2D eigenvalue weighted by atomic mass is 16.2. The Morgan fingerprint density at radius 1 is 0.964 bits per heavy atom. The maximum absolute atomic E-state index is 12.4. The lowest BCUT2D eigenvalue weighted by Gasteiger charge is -2.36. The molecule has 28 heavy (non-hydrogen) atoms. The van der Waals surface area contributed by atoms with E-state index < -0.39 is 0 Å². The van der Waals surface area contributed by atoms with Crippen LogP contribution in [0, 0.1) is 20.8 Å². The van der Waals surface area contributed by atoms with Gasteiger partial charge in [0, 0.05) is 49.4 Å². The molecule has 0 spiro atoms. The third-order valence-electron chi connectivity index (χ3n) is 5.60. The largest absolute Gasteiger partial charge is 0.353 e. The molecular weight excluding hydrogens is 348 g/mol. The van der Waals surface area contributed by atoms with E-state index in [9.17, 15) is 4.79 Å². The molecule has 0 bridgehead atoms. The summed E-state index contributed by atoms with van der Waals surface area (Å²) >= 11 is 0. The molecule has 5 heteroatoms. The SMILES string of the molecule is CCCCCC(=O)N1CCN(c2nc(-c3ccc(C)cc3)nc(C)c2C)CC1. The van der Waals surface area contributed by atoms with Crippen LogP contribution in [-0.4, -0.2) is 47.0 Å². The highest BCUT2D eigenvalue weighted by molar-refractivity contribution is 5.76. The first-order chi connectivity index (χ1) is 13.5. The van der Waals surface area contributed by atoms with Crippen molar-refractivity contribution < 1.29 is 4.79 Å². The van der Waals surface area contributed by atoms with Crippen molar-refractivity contribution in [2.75, 3.05) is 31.1 Å². The van der Waals surface area contributed by atoms with Crippen LogP contribution in [0.1, 0.15) is 49.4 Å². The smallest absolute Gasteiger partial charge is 0.222 e. The Labute approximate surface area is 168 Å². The van der Waals surface area contributed by atoms with Crippen molar-refractivity contribution in [3.8, 4) is 11.4 Å². The molecule has 1 aliphatic heterocycles. The van der Waals surface area contributed by atoms with Gasteiger partial charge in [0.05, 0.1) is 0 Å². The second kappa shape index (κ2) is 9.18. The van der Waals surface area contributed by atoms with Gasteiger partial charge in [0.2, 0.25) is 5.91 Å². The number of anilines is 1. The predicted octanol–water partition coefficient (Wildman–Crippen LogP) is 4.30. The summed E-state index contributed by atoms with van der Waals surface area (Å²) < 4.78 is 0. The third-order valence-corrected chi connectivity index (χ3v) is 5.60. The Morgan fingerprint density at radius 3 is 2.29 bits per heavy atom. The Morgan fingerprint density at radius 2 is 1.64 bits per heavy atom. The van der Waals surface area contributed by atoms with Crippen LogP contribution >= 0.6 is 0 Å². The lowest BCUT2D eigenvalue weighted by atomic mass is 10.1. The van der Waals surface area contributed by atoms with Gasteiger partial charge in [-0.3, -0.25) is 4.79 Å². The Kier molecular flexibility index (Phi) is 6.65. The van der Waals surface area contributed by atoms with Crippen LogP contribution in [0.25, 0.3) is 11.4 Å². The van der Waals surface area contributed by atoms with Crippen molar-refractivity contribution in [3.63, 3.8) is 0 Å². The summed E-state index contributed by atoms with van der Waals surface area (Å²) in [5.74, 6) is 2.07. The molecule has 0 atom stereocenters. The molecule has 0 unspecified atom stereocenters. The van der Waals surface area contributed by atoms with Gasteiger partial charge >= 0.3 is 0 Å². The third kappa shape index (κ3) is 4.70. The molecule has 1 amide bonds. The fourth-order valence-corrected chi connectivity index (χ4v) is 3.61. The number of nitrogens with zero attached hydrogens (tertiary/aromatic N) is 4. The number of aromatic nitrogens is 2. The van der Waals surface area contributed by atoms with E-state index in [0.717, 1.165) is 73.9 Å². The molecule has 1 saturated heterocycles. The Hall–Kier alpha value is -2.43. The molecule has 2 aromatic rings. The number of unbranched alkanes of at least 4 members (excludes halogenated alkanes) is 2. The minimum Gasteiger partial charge on any atom is -0.353 e. The molecule has 1 fully saturated rings. The van der Waals surface area contributed by atoms with Gasteiger partial charge in [-0.2, -0.15) is 0 Å². The van der Waals surface area contributed by atoms with Crippen LogP contribution in [0.2, 0.25) is 0 Å². The average molecular weight is 381 g/mol. The second-order valence-electron chi connectivity index (χ2n) is 7.77. The number of aryl methyl sites for hydroxylation is 2. The van der Waals surface area contributed by atoms with Crippen LogP contribution in [-0.2, 0) is 4.79 Å². The number of carbonyl (C=O) groups is 1. The van der Waals surface area contributed by atoms with E-state index >= 15 is 0 Å². The van der Waals surface area contributed by atoms with Gasteiger partial charge in [-0.1, -0.05) is 49.6 Å². The van der Waals surface area contributed by atoms with Crippen LogP contribution in [0.3, 0.4) is 0 Å². The van der Waals surface area contributed by atoms with Gasteiger partial charge in [-0.15, -0.1) is 0 Å². The molecule has 0 aliphatic carbocycles. The second-order valence-corrected chi connectivity index (χ2v) is 7.77. The predicted molar refractivity (Wildman–Crippen MR) is 115 cm³/mol. The summed E-state index contributed by atoms with van der Waals surface area (Å²) in [5.41, 5.74) is 4.41. The first-order valence-corrected chi connectivity index (χ1v) is 10.4. The lowest BCUT2D eigenvalue weighted by Crippen LogP contribution is -2.49. The van der Waals surface area contributed by atoms with Gasteiger partial charge in [0.1, 0.15) is 5.82 Å². The van der Waals surface area contributed by atoms with Crippen LogP contribution in [0.5, 0.6) is 0 Å². The van der Waals surface area contributed by atoms with E-state index in [1.54, 1.807) is 0 Å². The molecule has 150 valence electrons. The van der Waals surface area contributed by atoms with Crippen molar-refractivity contribution in [2.24, 2.45) is 0 Å². The van der Waals surface area contributed by atoms with E-state index in [2.05, 4.69) is 49.9 Å². The standard InChI is InChI=1S/C23H32N4O/c1-5-6-7-8-21(28)26-13-15-27(16-14-26)23-18(3)19(4)24-22(25-23)20-11-9-17(2)10-12-20/h9-12H,5-8,13-16H2,1-4H3. The van der Waals surface area contributed by atoms with E-state index in [0.29, 0.717) is 12.3 Å². The number of rotatable bonds is 6. The number of amides is 1. The molecular formula is C23H32N4O. The molecule has 1 aliphatic rings.